The maximum atomic E-state index is 13.1. The summed E-state index contributed by atoms with van der Waals surface area (Å²) in [6.45, 7) is 4.07. The summed E-state index contributed by atoms with van der Waals surface area (Å²) in [5.74, 6) is 1.13. The average molecular weight is 448 g/mol. The molecule has 1 N–H and O–H groups in total. The number of hydrogen-bond acceptors (Lipinski definition) is 4. The van der Waals surface area contributed by atoms with Crippen LogP contribution in [0.2, 0.25) is 0 Å². The Balaban J connectivity index is 1.66. The van der Waals surface area contributed by atoms with Crippen LogP contribution in [0.15, 0.2) is 47.1 Å². The summed E-state index contributed by atoms with van der Waals surface area (Å²) in [5.41, 5.74) is 4.94. The minimum atomic E-state index is -1.23. The largest absolute Gasteiger partial charge is 0.381 e. The van der Waals surface area contributed by atoms with E-state index in [1.54, 1.807) is 0 Å². The number of carbonyl (C=O) groups is 2. The number of rotatable bonds is 4. The second-order valence-electron chi connectivity index (χ2n) is 11.2. The van der Waals surface area contributed by atoms with E-state index < -0.39 is 11.0 Å². The Morgan fingerprint density at radius 3 is 2.52 bits per heavy atom. The minimum absolute atomic E-state index is 0.00460. The molecule has 2 fully saturated rings. The molecule has 4 aliphatic carbocycles. The van der Waals surface area contributed by atoms with Gasteiger partial charge in [-0.1, -0.05) is 31.6 Å². The van der Waals surface area contributed by atoms with Crippen molar-refractivity contribution in [1.82, 2.24) is 0 Å². The van der Waals surface area contributed by atoms with E-state index >= 15 is 0 Å². The standard InChI is InChI=1S/C29H37NO3/c1-5-26(32)29(33)15-14-25-23-12-8-19-16-21(31)11-13-22(19)27(23)24(17-28(25,29)2)18-6-9-20(10-7-18)30(3)4/h6-7,9-10,16,23-25,33H,5,8,11-15,17H2,1-4H3/t23-,24+,25-,28-,29-/m0/s1. The summed E-state index contributed by atoms with van der Waals surface area (Å²) in [7, 11) is 4.10. The Morgan fingerprint density at radius 1 is 1.12 bits per heavy atom. The molecule has 5 rings (SSSR count). The molecular formula is C29H37NO3. The van der Waals surface area contributed by atoms with Crippen LogP contribution in [0.4, 0.5) is 5.69 Å². The fourth-order valence-corrected chi connectivity index (χ4v) is 7.72. The predicted molar refractivity (Wildman–Crippen MR) is 131 cm³/mol. The summed E-state index contributed by atoms with van der Waals surface area (Å²) in [4.78, 5) is 27.4. The van der Waals surface area contributed by atoms with Gasteiger partial charge < -0.3 is 10.0 Å². The second kappa shape index (κ2) is 7.94. The first-order valence-corrected chi connectivity index (χ1v) is 12.7. The van der Waals surface area contributed by atoms with Crippen LogP contribution in [0.25, 0.3) is 0 Å². The van der Waals surface area contributed by atoms with E-state index in [1.165, 1.54) is 28.0 Å². The van der Waals surface area contributed by atoms with Crippen molar-refractivity contribution in [2.45, 2.75) is 76.7 Å². The average Bonchev–Trinajstić information content (AvgIpc) is 3.09. The Labute approximate surface area is 197 Å². The van der Waals surface area contributed by atoms with E-state index in [9.17, 15) is 14.7 Å². The number of aliphatic hydroxyl groups is 1. The van der Waals surface area contributed by atoms with Gasteiger partial charge in [0.1, 0.15) is 5.60 Å². The minimum Gasteiger partial charge on any atom is -0.381 e. The highest BCUT2D eigenvalue weighted by Gasteiger charge is 2.65. The topological polar surface area (TPSA) is 57.6 Å². The Hall–Kier alpha value is -2.20. The van der Waals surface area contributed by atoms with Crippen LogP contribution in [-0.2, 0) is 9.59 Å². The van der Waals surface area contributed by atoms with Crippen LogP contribution < -0.4 is 4.90 Å². The lowest BCUT2D eigenvalue weighted by Gasteiger charge is -2.54. The van der Waals surface area contributed by atoms with Gasteiger partial charge in [-0.15, -0.1) is 0 Å². The second-order valence-corrected chi connectivity index (χ2v) is 11.2. The molecule has 0 spiro atoms. The monoisotopic (exact) mass is 447 g/mol. The van der Waals surface area contributed by atoms with Crippen molar-refractivity contribution < 1.29 is 14.7 Å². The van der Waals surface area contributed by atoms with Gasteiger partial charge in [0, 0.05) is 44.0 Å². The SMILES string of the molecule is CCC(=O)[C@@]1(O)CC[C@H]2[C@@H]3CCC4=CC(=O)CCC4=C3[C@@H](c3ccc(N(C)C)cc3)C[C@@]21C. The van der Waals surface area contributed by atoms with E-state index in [1.807, 2.05) is 27.1 Å². The number of Topliss-reactive ketones (excluding diaryl/α,β-unsaturated/α-hetero) is 1. The molecule has 4 aliphatic rings. The molecule has 0 heterocycles. The van der Waals surface area contributed by atoms with Gasteiger partial charge >= 0.3 is 0 Å². The van der Waals surface area contributed by atoms with Gasteiger partial charge in [-0.2, -0.15) is 0 Å². The van der Waals surface area contributed by atoms with Crippen LogP contribution >= 0.6 is 0 Å². The molecule has 2 saturated carbocycles. The molecule has 0 bridgehead atoms. The molecule has 0 amide bonds. The number of anilines is 1. The van der Waals surface area contributed by atoms with Gasteiger partial charge in [0.2, 0.25) is 0 Å². The molecule has 1 aromatic rings. The van der Waals surface area contributed by atoms with E-state index in [0.29, 0.717) is 31.1 Å². The van der Waals surface area contributed by atoms with Crippen molar-refractivity contribution in [3.8, 4) is 0 Å². The lowest BCUT2D eigenvalue weighted by molar-refractivity contribution is -0.154. The number of hydrogen-bond donors (Lipinski definition) is 1. The van der Waals surface area contributed by atoms with Crippen molar-refractivity contribution in [3.05, 3.63) is 52.6 Å². The molecule has 0 aromatic heterocycles. The van der Waals surface area contributed by atoms with Crippen LogP contribution in [0.5, 0.6) is 0 Å². The highest BCUT2D eigenvalue weighted by molar-refractivity contribution is 5.93. The molecule has 176 valence electrons. The van der Waals surface area contributed by atoms with E-state index in [2.05, 4.69) is 36.1 Å². The third-order valence-corrected chi connectivity index (χ3v) is 9.48. The predicted octanol–water partition coefficient (Wildman–Crippen LogP) is 5.36. The number of carbonyl (C=O) groups excluding carboxylic acids is 2. The Kier molecular flexibility index (Phi) is 5.43. The zero-order valence-corrected chi connectivity index (χ0v) is 20.5. The number of ketones is 2. The molecule has 4 nitrogen and oxygen atoms in total. The van der Waals surface area contributed by atoms with Gasteiger partial charge in [0.05, 0.1) is 0 Å². The highest BCUT2D eigenvalue weighted by atomic mass is 16.3. The summed E-state index contributed by atoms with van der Waals surface area (Å²) < 4.78 is 0. The quantitative estimate of drug-likeness (QED) is 0.675. The number of allylic oxidation sites excluding steroid dienone is 4. The first-order valence-electron chi connectivity index (χ1n) is 12.7. The van der Waals surface area contributed by atoms with Crippen molar-refractivity contribution >= 4 is 17.3 Å². The summed E-state index contributed by atoms with van der Waals surface area (Å²) in [6.07, 6.45) is 7.94. The van der Waals surface area contributed by atoms with Gasteiger partial charge in [0.25, 0.3) is 0 Å². The molecule has 33 heavy (non-hydrogen) atoms. The fraction of sp³-hybridized carbons (Fsp3) is 0.586. The molecule has 0 saturated heterocycles. The normalized spacial score (nSPS) is 35.5. The lowest BCUT2D eigenvalue weighted by Crippen LogP contribution is -2.55. The third-order valence-electron chi connectivity index (χ3n) is 9.48. The lowest BCUT2D eigenvalue weighted by atomic mass is 9.50. The van der Waals surface area contributed by atoms with Crippen LogP contribution in [0.3, 0.4) is 0 Å². The van der Waals surface area contributed by atoms with Crippen molar-refractivity contribution in [3.63, 3.8) is 0 Å². The Bertz CT molecular complexity index is 1050. The van der Waals surface area contributed by atoms with E-state index in [0.717, 1.165) is 32.1 Å². The van der Waals surface area contributed by atoms with Crippen LogP contribution in [0, 0.1) is 17.3 Å². The summed E-state index contributed by atoms with van der Waals surface area (Å²) >= 11 is 0. The maximum absolute atomic E-state index is 13.1. The summed E-state index contributed by atoms with van der Waals surface area (Å²) in [6, 6.07) is 8.81. The Morgan fingerprint density at radius 2 is 1.85 bits per heavy atom. The molecule has 5 atom stereocenters. The number of benzene rings is 1. The highest BCUT2D eigenvalue weighted by Crippen LogP contribution is 2.67. The molecule has 1 aromatic carbocycles. The molecule has 0 radical (unpaired) electrons. The van der Waals surface area contributed by atoms with Crippen LogP contribution in [0.1, 0.15) is 76.7 Å². The van der Waals surface area contributed by atoms with Crippen molar-refractivity contribution in [2.24, 2.45) is 17.3 Å². The number of fused-ring (bicyclic) bond motifs is 4. The van der Waals surface area contributed by atoms with Crippen molar-refractivity contribution in [2.75, 3.05) is 19.0 Å². The number of nitrogens with zero attached hydrogens (tertiary/aromatic N) is 1. The molecule has 4 heteroatoms. The maximum Gasteiger partial charge on any atom is 0.164 e. The van der Waals surface area contributed by atoms with Gasteiger partial charge in [-0.25, -0.2) is 0 Å². The van der Waals surface area contributed by atoms with E-state index in [-0.39, 0.29) is 17.5 Å². The van der Waals surface area contributed by atoms with Crippen molar-refractivity contribution in [1.29, 1.82) is 0 Å². The summed E-state index contributed by atoms with van der Waals surface area (Å²) in [5, 5.41) is 11.8. The van der Waals surface area contributed by atoms with E-state index in [4.69, 9.17) is 0 Å². The van der Waals surface area contributed by atoms with Gasteiger partial charge in [-0.3, -0.25) is 9.59 Å². The van der Waals surface area contributed by atoms with Gasteiger partial charge in [-0.05, 0) is 85.3 Å². The molecular weight excluding hydrogens is 410 g/mol. The smallest absolute Gasteiger partial charge is 0.164 e. The first-order chi connectivity index (χ1) is 15.7. The van der Waals surface area contributed by atoms with Crippen LogP contribution in [-0.4, -0.2) is 36.4 Å². The zero-order valence-electron chi connectivity index (χ0n) is 20.5. The van der Waals surface area contributed by atoms with Gasteiger partial charge in [0.15, 0.2) is 11.6 Å². The molecule has 0 unspecified atom stereocenters. The fourth-order valence-electron chi connectivity index (χ4n) is 7.72. The zero-order chi connectivity index (χ0) is 23.5. The molecule has 0 aliphatic heterocycles. The third kappa shape index (κ3) is 3.28. The first kappa shape index (κ1) is 22.6.